The van der Waals surface area contributed by atoms with E-state index in [4.69, 9.17) is 4.74 Å². The van der Waals surface area contributed by atoms with Crippen LogP contribution >= 0.6 is 0 Å². The first kappa shape index (κ1) is 11.6. The van der Waals surface area contributed by atoms with Crippen molar-refractivity contribution in [2.24, 2.45) is 0 Å². The Labute approximate surface area is 101 Å². The lowest BCUT2D eigenvalue weighted by molar-refractivity contribution is 0.320. The van der Waals surface area contributed by atoms with Gasteiger partial charge in [-0.2, -0.15) is 0 Å². The molecular formula is C15H15FO. The first-order chi connectivity index (χ1) is 8.25. The van der Waals surface area contributed by atoms with E-state index in [9.17, 15) is 4.39 Å². The van der Waals surface area contributed by atoms with Gasteiger partial charge in [0.05, 0.1) is 6.61 Å². The third-order valence-corrected chi connectivity index (χ3v) is 2.66. The smallest absolute Gasteiger partial charge is 0.123 e. The molecule has 0 aromatic heterocycles. The van der Waals surface area contributed by atoms with Crippen molar-refractivity contribution in [3.05, 3.63) is 65.5 Å². The van der Waals surface area contributed by atoms with E-state index in [0.717, 1.165) is 23.3 Å². The Morgan fingerprint density at radius 2 is 1.71 bits per heavy atom. The summed E-state index contributed by atoms with van der Waals surface area (Å²) in [6.07, 6.45) is 0.786. The summed E-state index contributed by atoms with van der Waals surface area (Å²) in [4.78, 5) is 0. The SMILES string of the molecule is Cc1ccccc1OCCc1ccc(F)cc1. The van der Waals surface area contributed by atoms with E-state index in [1.807, 2.05) is 31.2 Å². The van der Waals surface area contributed by atoms with Gasteiger partial charge in [0.25, 0.3) is 0 Å². The molecule has 0 saturated heterocycles. The molecule has 0 spiro atoms. The number of benzene rings is 2. The summed E-state index contributed by atoms with van der Waals surface area (Å²) >= 11 is 0. The molecule has 88 valence electrons. The van der Waals surface area contributed by atoms with E-state index in [1.54, 1.807) is 12.1 Å². The standard InChI is InChI=1S/C15H15FO/c1-12-4-2-3-5-15(12)17-11-10-13-6-8-14(16)9-7-13/h2-9H,10-11H2,1H3. The molecular weight excluding hydrogens is 215 g/mol. The van der Waals surface area contributed by atoms with E-state index >= 15 is 0 Å². The van der Waals surface area contributed by atoms with Gasteiger partial charge in [-0.3, -0.25) is 0 Å². The molecule has 0 aliphatic carbocycles. The minimum atomic E-state index is -0.200. The van der Waals surface area contributed by atoms with Gasteiger partial charge in [-0.25, -0.2) is 4.39 Å². The molecule has 0 aliphatic heterocycles. The van der Waals surface area contributed by atoms with Gasteiger partial charge >= 0.3 is 0 Å². The summed E-state index contributed by atoms with van der Waals surface area (Å²) in [6, 6.07) is 14.5. The molecule has 1 nitrogen and oxygen atoms in total. The average Bonchev–Trinajstić information content (AvgIpc) is 2.34. The monoisotopic (exact) mass is 230 g/mol. The van der Waals surface area contributed by atoms with Crippen molar-refractivity contribution in [1.29, 1.82) is 0 Å². The molecule has 17 heavy (non-hydrogen) atoms. The Morgan fingerprint density at radius 3 is 2.41 bits per heavy atom. The van der Waals surface area contributed by atoms with Crippen LogP contribution in [0.1, 0.15) is 11.1 Å². The number of para-hydroxylation sites is 1. The number of rotatable bonds is 4. The van der Waals surface area contributed by atoms with Crippen molar-refractivity contribution in [1.82, 2.24) is 0 Å². The van der Waals surface area contributed by atoms with Gasteiger partial charge in [-0.05, 0) is 36.2 Å². The van der Waals surface area contributed by atoms with Gasteiger partial charge < -0.3 is 4.74 Å². The lowest BCUT2D eigenvalue weighted by Gasteiger charge is -2.08. The van der Waals surface area contributed by atoms with Crippen LogP contribution in [0.15, 0.2) is 48.5 Å². The van der Waals surface area contributed by atoms with E-state index < -0.39 is 0 Å². The summed E-state index contributed by atoms with van der Waals surface area (Å²) in [6.45, 7) is 2.63. The highest BCUT2D eigenvalue weighted by atomic mass is 19.1. The van der Waals surface area contributed by atoms with Crippen LogP contribution in [0, 0.1) is 12.7 Å². The maximum absolute atomic E-state index is 12.7. The lowest BCUT2D eigenvalue weighted by Crippen LogP contribution is -2.02. The number of hydrogen-bond acceptors (Lipinski definition) is 1. The molecule has 2 aromatic rings. The van der Waals surface area contributed by atoms with Crippen LogP contribution < -0.4 is 4.74 Å². The Hall–Kier alpha value is -1.83. The Morgan fingerprint density at radius 1 is 1.00 bits per heavy atom. The van der Waals surface area contributed by atoms with Crippen LogP contribution in [0.5, 0.6) is 5.75 Å². The van der Waals surface area contributed by atoms with Crippen LogP contribution in [0.3, 0.4) is 0 Å². The fourth-order valence-electron chi connectivity index (χ4n) is 1.65. The molecule has 0 atom stereocenters. The minimum absolute atomic E-state index is 0.200. The quantitative estimate of drug-likeness (QED) is 0.777. The molecule has 2 heteroatoms. The van der Waals surface area contributed by atoms with Crippen LogP contribution in [0.4, 0.5) is 4.39 Å². The highest BCUT2D eigenvalue weighted by Crippen LogP contribution is 2.16. The number of halogens is 1. The van der Waals surface area contributed by atoms with E-state index in [0.29, 0.717) is 6.61 Å². The van der Waals surface area contributed by atoms with Gasteiger partial charge in [0.15, 0.2) is 0 Å². The zero-order valence-corrected chi connectivity index (χ0v) is 9.82. The van der Waals surface area contributed by atoms with E-state index in [1.165, 1.54) is 12.1 Å². The van der Waals surface area contributed by atoms with Gasteiger partial charge in [-0.15, -0.1) is 0 Å². The molecule has 0 radical (unpaired) electrons. The highest BCUT2D eigenvalue weighted by Gasteiger charge is 1.98. The summed E-state index contributed by atoms with van der Waals surface area (Å²) in [5.41, 5.74) is 2.21. The molecule has 0 fully saturated rings. The predicted molar refractivity (Wildman–Crippen MR) is 66.8 cm³/mol. The highest BCUT2D eigenvalue weighted by molar-refractivity contribution is 5.31. The molecule has 2 rings (SSSR count). The molecule has 0 unspecified atom stereocenters. The van der Waals surface area contributed by atoms with Crippen LogP contribution in [0.25, 0.3) is 0 Å². The number of ether oxygens (including phenoxy) is 1. The second-order valence-electron chi connectivity index (χ2n) is 3.99. The van der Waals surface area contributed by atoms with Crippen molar-refractivity contribution in [2.45, 2.75) is 13.3 Å². The maximum atomic E-state index is 12.7. The third kappa shape index (κ3) is 3.31. The van der Waals surface area contributed by atoms with E-state index in [2.05, 4.69) is 0 Å². The first-order valence-electron chi connectivity index (χ1n) is 5.68. The second kappa shape index (κ2) is 5.48. The Balaban J connectivity index is 1.88. The van der Waals surface area contributed by atoms with Crippen LogP contribution in [-0.4, -0.2) is 6.61 Å². The molecule has 0 heterocycles. The minimum Gasteiger partial charge on any atom is -0.493 e. The summed E-state index contributed by atoms with van der Waals surface area (Å²) < 4.78 is 18.4. The van der Waals surface area contributed by atoms with E-state index in [-0.39, 0.29) is 5.82 Å². The molecule has 0 N–H and O–H groups in total. The average molecular weight is 230 g/mol. The largest absolute Gasteiger partial charge is 0.493 e. The number of aryl methyl sites for hydroxylation is 1. The first-order valence-corrected chi connectivity index (χ1v) is 5.68. The van der Waals surface area contributed by atoms with Crippen molar-refractivity contribution < 1.29 is 9.13 Å². The van der Waals surface area contributed by atoms with Crippen molar-refractivity contribution in [3.63, 3.8) is 0 Å². The normalized spacial score (nSPS) is 10.2. The number of hydrogen-bond donors (Lipinski definition) is 0. The molecule has 0 saturated carbocycles. The molecule has 0 bridgehead atoms. The van der Waals surface area contributed by atoms with Gasteiger partial charge in [0.1, 0.15) is 11.6 Å². The second-order valence-corrected chi connectivity index (χ2v) is 3.99. The summed E-state index contributed by atoms with van der Waals surface area (Å²) in [5.74, 6) is 0.711. The molecule has 0 amide bonds. The lowest BCUT2D eigenvalue weighted by atomic mass is 10.1. The van der Waals surface area contributed by atoms with Gasteiger partial charge in [0.2, 0.25) is 0 Å². The Kier molecular flexibility index (Phi) is 3.76. The summed E-state index contributed by atoms with van der Waals surface area (Å²) in [7, 11) is 0. The molecule has 0 aliphatic rings. The van der Waals surface area contributed by atoms with Crippen LogP contribution in [0.2, 0.25) is 0 Å². The van der Waals surface area contributed by atoms with Crippen molar-refractivity contribution in [2.75, 3.05) is 6.61 Å². The fraction of sp³-hybridized carbons (Fsp3) is 0.200. The zero-order chi connectivity index (χ0) is 12.1. The Bertz CT molecular complexity index is 477. The van der Waals surface area contributed by atoms with Gasteiger partial charge in [0, 0.05) is 6.42 Å². The summed E-state index contributed by atoms with van der Waals surface area (Å²) in [5, 5.41) is 0. The van der Waals surface area contributed by atoms with Crippen LogP contribution in [-0.2, 0) is 6.42 Å². The third-order valence-electron chi connectivity index (χ3n) is 2.66. The maximum Gasteiger partial charge on any atom is 0.123 e. The van der Waals surface area contributed by atoms with Crippen molar-refractivity contribution in [3.8, 4) is 5.75 Å². The van der Waals surface area contributed by atoms with Crippen molar-refractivity contribution >= 4 is 0 Å². The zero-order valence-electron chi connectivity index (χ0n) is 9.82. The topological polar surface area (TPSA) is 9.23 Å². The fourth-order valence-corrected chi connectivity index (χ4v) is 1.65. The van der Waals surface area contributed by atoms with Gasteiger partial charge in [-0.1, -0.05) is 30.3 Å². The predicted octanol–water partition coefficient (Wildman–Crippen LogP) is 3.76. The molecule has 2 aromatic carbocycles.